The van der Waals surface area contributed by atoms with Crippen LogP contribution in [0.4, 0.5) is 0 Å². The highest BCUT2D eigenvalue weighted by molar-refractivity contribution is 5.14. The molecule has 1 saturated heterocycles. The van der Waals surface area contributed by atoms with Crippen LogP contribution in [0.3, 0.4) is 0 Å². The van der Waals surface area contributed by atoms with Gasteiger partial charge in [0, 0.05) is 31.2 Å². The van der Waals surface area contributed by atoms with E-state index in [4.69, 9.17) is 0 Å². The first-order chi connectivity index (χ1) is 9.25. The SMILES string of the molecule is CC1CN(C2C3(C)CCC(C3)C2(C)C)C(C(C)C)CN1. The lowest BCUT2D eigenvalue weighted by Crippen LogP contribution is -2.65. The molecule has 2 nitrogen and oxygen atoms in total. The standard InChI is InChI=1S/C18H34N2/c1-12(2)15-10-19-13(3)11-20(15)16-17(4,5)14-7-8-18(16,6)9-14/h12-16,19H,7-11H2,1-6H3. The molecule has 20 heavy (non-hydrogen) atoms. The summed E-state index contributed by atoms with van der Waals surface area (Å²) in [6.07, 6.45) is 4.39. The molecule has 1 aliphatic heterocycles. The van der Waals surface area contributed by atoms with E-state index in [1.54, 1.807) is 0 Å². The van der Waals surface area contributed by atoms with Crippen molar-refractivity contribution in [2.45, 2.75) is 78.9 Å². The number of rotatable bonds is 2. The second-order valence-electron chi connectivity index (χ2n) is 9.14. The van der Waals surface area contributed by atoms with Gasteiger partial charge >= 0.3 is 0 Å². The van der Waals surface area contributed by atoms with Crippen LogP contribution in [0.1, 0.15) is 60.8 Å². The van der Waals surface area contributed by atoms with Crippen LogP contribution in [-0.2, 0) is 0 Å². The maximum Gasteiger partial charge on any atom is 0.0247 e. The molecule has 0 aromatic rings. The third-order valence-corrected chi connectivity index (χ3v) is 6.88. The molecule has 5 unspecified atom stereocenters. The highest BCUT2D eigenvalue weighted by atomic mass is 15.3. The number of piperazine rings is 1. The zero-order valence-electron chi connectivity index (χ0n) is 14.4. The van der Waals surface area contributed by atoms with Crippen LogP contribution in [0, 0.1) is 22.7 Å². The summed E-state index contributed by atoms with van der Waals surface area (Å²) in [5.74, 6) is 1.70. The maximum absolute atomic E-state index is 3.71. The molecule has 0 radical (unpaired) electrons. The molecule has 3 fully saturated rings. The Labute approximate surface area is 125 Å². The first-order valence-electron chi connectivity index (χ1n) is 8.75. The molecule has 5 atom stereocenters. The summed E-state index contributed by atoms with van der Waals surface area (Å²) in [7, 11) is 0. The molecular formula is C18H34N2. The summed E-state index contributed by atoms with van der Waals surface area (Å²) < 4.78 is 0. The molecule has 116 valence electrons. The molecule has 3 aliphatic rings. The highest BCUT2D eigenvalue weighted by Gasteiger charge is 2.62. The van der Waals surface area contributed by atoms with Crippen molar-refractivity contribution in [3.8, 4) is 0 Å². The Morgan fingerprint density at radius 1 is 1.20 bits per heavy atom. The maximum atomic E-state index is 3.71. The second kappa shape index (κ2) is 4.71. The Morgan fingerprint density at radius 2 is 1.90 bits per heavy atom. The Morgan fingerprint density at radius 3 is 2.45 bits per heavy atom. The average Bonchev–Trinajstić information content (AvgIpc) is 2.79. The van der Waals surface area contributed by atoms with E-state index in [9.17, 15) is 0 Å². The van der Waals surface area contributed by atoms with E-state index in [1.807, 2.05) is 0 Å². The molecule has 2 aliphatic carbocycles. The van der Waals surface area contributed by atoms with Crippen LogP contribution in [0.25, 0.3) is 0 Å². The van der Waals surface area contributed by atoms with Crippen molar-refractivity contribution in [3.05, 3.63) is 0 Å². The minimum atomic E-state index is 0.497. The Bertz CT molecular complexity index is 371. The molecule has 3 rings (SSSR count). The number of nitrogens with one attached hydrogen (secondary N) is 1. The summed E-state index contributed by atoms with van der Waals surface area (Å²) in [4.78, 5) is 2.92. The van der Waals surface area contributed by atoms with Crippen LogP contribution in [-0.4, -0.2) is 36.1 Å². The molecule has 2 heteroatoms. The van der Waals surface area contributed by atoms with E-state index < -0.39 is 0 Å². The molecular weight excluding hydrogens is 244 g/mol. The lowest BCUT2D eigenvalue weighted by molar-refractivity contribution is -0.0500. The zero-order valence-corrected chi connectivity index (χ0v) is 14.4. The largest absolute Gasteiger partial charge is 0.311 e. The van der Waals surface area contributed by atoms with E-state index in [1.165, 1.54) is 32.4 Å². The molecule has 0 spiro atoms. The minimum absolute atomic E-state index is 0.497. The van der Waals surface area contributed by atoms with Crippen molar-refractivity contribution in [2.75, 3.05) is 13.1 Å². The van der Waals surface area contributed by atoms with Gasteiger partial charge in [0.15, 0.2) is 0 Å². The topological polar surface area (TPSA) is 15.3 Å². The summed E-state index contributed by atoms with van der Waals surface area (Å²) >= 11 is 0. The monoisotopic (exact) mass is 278 g/mol. The van der Waals surface area contributed by atoms with Crippen LogP contribution >= 0.6 is 0 Å². The predicted octanol–water partition coefficient (Wildman–Crippen LogP) is 3.52. The average molecular weight is 278 g/mol. The molecule has 2 saturated carbocycles. The third kappa shape index (κ3) is 2.06. The molecule has 1 heterocycles. The van der Waals surface area contributed by atoms with Gasteiger partial charge in [-0.15, -0.1) is 0 Å². The lowest BCUT2D eigenvalue weighted by atomic mass is 9.67. The molecule has 0 aromatic heterocycles. The molecule has 0 amide bonds. The van der Waals surface area contributed by atoms with Gasteiger partial charge in [-0.3, -0.25) is 4.90 Å². The van der Waals surface area contributed by atoms with Crippen molar-refractivity contribution < 1.29 is 0 Å². The zero-order chi connectivity index (χ0) is 14.7. The molecule has 2 bridgehead atoms. The smallest absolute Gasteiger partial charge is 0.0247 e. The van der Waals surface area contributed by atoms with Crippen LogP contribution in [0.5, 0.6) is 0 Å². The number of hydrogen-bond donors (Lipinski definition) is 1. The van der Waals surface area contributed by atoms with Gasteiger partial charge in [0.1, 0.15) is 0 Å². The van der Waals surface area contributed by atoms with Gasteiger partial charge in [0.2, 0.25) is 0 Å². The van der Waals surface area contributed by atoms with Gasteiger partial charge in [-0.25, -0.2) is 0 Å². The fourth-order valence-corrected chi connectivity index (χ4v) is 5.97. The van der Waals surface area contributed by atoms with E-state index in [2.05, 4.69) is 51.8 Å². The number of fused-ring (bicyclic) bond motifs is 2. The third-order valence-electron chi connectivity index (χ3n) is 6.88. The number of hydrogen-bond acceptors (Lipinski definition) is 2. The second-order valence-corrected chi connectivity index (χ2v) is 9.14. The van der Waals surface area contributed by atoms with E-state index in [0.717, 1.165) is 17.9 Å². The Kier molecular flexibility index (Phi) is 3.49. The van der Waals surface area contributed by atoms with Crippen molar-refractivity contribution in [3.63, 3.8) is 0 Å². The van der Waals surface area contributed by atoms with Gasteiger partial charge in [0.05, 0.1) is 0 Å². The van der Waals surface area contributed by atoms with Crippen LogP contribution in [0.2, 0.25) is 0 Å². The summed E-state index contributed by atoms with van der Waals surface area (Å²) in [5.41, 5.74) is 1.07. The van der Waals surface area contributed by atoms with Crippen molar-refractivity contribution in [2.24, 2.45) is 22.7 Å². The normalized spacial score (nSPS) is 48.1. The first-order valence-corrected chi connectivity index (χ1v) is 8.75. The summed E-state index contributed by atoms with van der Waals surface area (Å²) in [6, 6.07) is 2.14. The molecule has 1 N–H and O–H groups in total. The highest BCUT2D eigenvalue weighted by Crippen LogP contribution is 2.64. The van der Waals surface area contributed by atoms with E-state index in [0.29, 0.717) is 22.9 Å². The van der Waals surface area contributed by atoms with Crippen LogP contribution < -0.4 is 5.32 Å². The lowest BCUT2D eigenvalue weighted by Gasteiger charge is -2.55. The van der Waals surface area contributed by atoms with Crippen molar-refractivity contribution in [1.82, 2.24) is 10.2 Å². The minimum Gasteiger partial charge on any atom is -0.311 e. The fraction of sp³-hybridized carbons (Fsp3) is 1.00. The van der Waals surface area contributed by atoms with Crippen LogP contribution in [0.15, 0.2) is 0 Å². The van der Waals surface area contributed by atoms with E-state index in [-0.39, 0.29) is 0 Å². The predicted molar refractivity (Wildman–Crippen MR) is 85.8 cm³/mol. The van der Waals surface area contributed by atoms with Gasteiger partial charge in [-0.2, -0.15) is 0 Å². The quantitative estimate of drug-likeness (QED) is 0.831. The Balaban J connectivity index is 1.92. The molecule has 0 aromatic carbocycles. The fourth-order valence-electron chi connectivity index (χ4n) is 5.97. The van der Waals surface area contributed by atoms with Crippen molar-refractivity contribution >= 4 is 0 Å². The van der Waals surface area contributed by atoms with Gasteiger partial charge in [-0.05, 0) is 48.9 Å². The first kappa shape index (κ1) is 14.8. The number of nitrogens with zero attached hydrogens (tertiary/aromatic N) is 1. The Hall–Kier alpha value is -0.0800. The summed E-state index contributed by atoms with van der Waals surface area (Å²) in [6.45, 7) is 17.2. The summed E-state index contributed by atoms with van der Waals surface area (Å²) in [5, 5.41) is 3.71. The van der Waals surface area contributed by atoms with Crippen molar-refractivity contribution in [1.29, 1.82) is 0 Å². The van der Waals surface area contributed by atoms with Gasteiger partial charge in [-0.1, -0.05) is 34.6 Å². The van der Waals surface area contributed by atoms with E-state index >= 15 is 0 Å². The van der Waals surface area contributed by atoms with Gasteiger partial charge < -0.3 is 5.32 Å². The van der Waals surface area contributed by atoms with Gasteiger partial charge in [0.25, 0.3) is 0 Å².